The van der Waals surface area contributed by atoms with Gasteiger partial charge in [-0.25, -0.2) is 0 Å². The molecule has 0 N–H and O–H groups in total. The minimum absolute atomic E-state index is 1.02. The Morgan fingerprint density at radius 1 is 0.762 bits per heavy atom. The van der Waals surface area contributed by atoms with Gasteiger partial charge in [-0.05, 0) is 52.9 Å². The Bertz CT molecular complexity index is 823. The molecule has 1 heterocycles. The van der Waals surface area contributed by atoms with E-state index in [0.29, 0.717) is 0 Å². The lowest BCUT2D eigenvalue weighted by atomic mass is 9.98. The Morgan fingerprint density at radius 2 is 1.52 bits per heavy atom. The smallest absolute Gasteiger partial charge is 0.0253 e. The first-order valence-corrected chi connectivity index (χ1v) is 8.56. The summed E-state index contributed by atoms with van der Waals surface area (Å²) in [7, 11) is 0. The normalized spacial score (nSPS) is 12.6. The topological polar surface area (TPSA) is 0 Å². The molecule has 0 bridgehead atoms. The lowest BCUT2D eigenvalue weighted by Gasteiger charge is -2.19. The van der Waals surface area contributed by atoms with Crippen LogP contribution in [0.2, 0.25) is 0 Å². The molecule has 1 aliphatic rings. The van der Waals surface area contributed by atoms with Gasteiger partial charge >= 0.3 is 0 Å². The van der Waals surface area contributed by atoms with E-state index >= 15 is 0 Å². The predicted octanol–water partition coefficient (Wildman–Crippen LogP) is 6.17. The van der Waals surface area contributed by atoms with Crippen LogP contribution in [0.15, 0.2) is 81.0 Å². The molecule has 1 aliphatic heterocycles. The van der Waals surface area contributed by atoms with Crippen LogP contribution in [0.4, 0.5) is 0 Å². The SMILES string of the molecule is Brc1ccccc1-c1ccc2c(c1)Cc1ccccc1S2. The van der Waals surface area contributed by atoms with Crippen LogP contribution >= 0.6 is 27.7 Å². The van der Waals surface area contributed by atoms with Crippen molar-refractivity contribution >= 4 is 27.7 Å². The quantitative estimate of drug-likeness (QED) is 0.394. The second kappa shape index (κ2) is 5.36. The van der Waals surface area contributed by atoms with Crippen LogP contribution in [-0.2, 0) is 6.42 Å². The van der Waals surface area contributed by atoms with Crippen molar-refractivity contribution in [1.29, 1.82) is 0 Å². The zero-order chi connectivity index (χ0) is 14.2. The van der Waals surface area contributed by atoms with Crippen LogP contribution in [-0.4, -0.2) is 0 Å². The lowest BCUT2D eigenvalue weighted by Crippen LogP contribution is -1.99. The van der Waals surface area contributed by atoms with Crippen LogP contribution in [0.3, 0.4) is 0 Å². The van der Waals surface area contributed by atoms with Gasteiger partial charge in [0, 0.05) is 14.3 Å². The van der Waals surface area contributed by atoms with E-state index in [0.717, 1.165) is 10.9 Å². The molecular weight excluding hydrogens is 340 g/mol. The maximum Gasteiger partial charge on any atom is 0.0253 e. The summed E-state index contributed by atoms with van der Waals surface area (Å²) in [5.41, 5.74) is 5.39. The molecule has 0 saturated heterocycles. The van der Waals surface area contributed by atoms with Gasteiger partial charge in [-0.15, -0.1) is 0 Å². The van der Waals surface area contributed by atoms with E-state index in [2.05, 4.69) is 82.7 Å². The van der Waals surface area contributed by atoms with Crippen molar-refractivity contribution in [2.24, 2.45) is 0 Å². The monoisotopic (exact) mass is 352 g/mol. The average Bonchev–Trinajstić information content (AvgIpc) is 2.53. The third-order valence-electron chi connectivity index (χ3n) is 3.82. The van der Waals surface area contributed by atoms with E-state index in [1.807, 2.05) is 11.8 Å². The predicted molar refractivity (Wildman–Crippen MR) is 92.9 cm³/mol. The lowest BCUT2D eigenvalue weighted by molar-refractivity contribution is 1.06. The fraction of sp³-hybridized carbons (Fsp3) is 0.0526. The van der Waals surface area contributed by atoms with Crippen molar-refractivity contribution < 1.29 is 0 Å². The maximum absolute atomic E-state index is 3.65. The van der Waals surface area contributed by atoms with Crippen molar-refractivity contribution in [3.05, 3.63) is 82.3 Å². The zero-order valence-corrected chi connectivity index (χ0v) is 13.7. The largest absolute Gasteiger partial charge is 0.0895 e. The van der Waals surface area contributed by atoms with E-state index in [-0.39, 0.29) is 0 Å². The van der Waals surface area contributed by atoms with Gasteiger partial charge in [0.1, 0.15) is 0 Å². The summed E-state index contributed by atoms with van der Waals surface area (Å²) < 4.78 is 1.15. The van der Waals surface area contributed by atoms with Gasteiger partial charge in [0.25, 0.3) is 0 Å². The Kier molecular flexibility index (Phi) is 3.36. The van der Waals surface area contributed by atoms with Crippen molar-refractivity contribution in [2.45, 2.75) is 16.2 Å². The highest BCUT2D eigenvalue weighted by molar-refractivity contribution is 9.10. The van der Waals surface area contributed by atoms with Crippen LogP contribution in [0.25, 0.3) is 11.1 Å². The molecule has 0 amide bonds. The zero-order valence-electron chi connectivity index (χ0n) is 11.3. The van der Waals surface area contributed by atoms with Gasteiger partial charge in [-0.2, -0.15) is 0 Å². The van der Waals surface area contributed by atoms with Crippen molar-refractivity contribution in [1.82, 2.24) is 0 Å². The molecule has 0 aromatic heterocycles. The van der Waals surface area contributed by atoms with Crippen molar-refractivity contribution in [2.75, 3.05) is 0 Å². The molecule has 0 saturated carbocycles. The summed E-state index contributed by atoms with van der Waals surface area (Å²) in [6.07, 6.45) is 1.02. The molecule has 0 unspecified atom stereocenters. The molecule has 2 heteroatoms. The summed E-state index contributed by atoms with van der Waals surface area (Å²) in [4.78, 5) is 2.77. The molecule has 0 fully saturated rings. The summed E-state index contributed by atoms with van der Waals surface area (Å²) in [5.74, 6) is 0. The summed E-state index contributed by atoms with van der Waals surface area (Å²) in [6.45, 7) is 0. The van der Waals surface area contributed by atoms with Crippen molar-refractivity contribution in [3.8, 4) is 11.1 Å². The molecule has 4 rings (SSSR count). The Balaban J connectivity index is 1.79. The van der Waals surface area contributed by atoms with E-state index in [4.69, 9.17) is 0 Å². The van der Waals surface area contributed by atoms with E-state index in [9.17, 15) is 0 Å². The highest BCUT2D eigenvalue weighted by Crippen LogP contribution is 2.41. The van der Waals surface area contributed by atoms with Gasteiger partial charge in [-0.3, -0.25) is 0 Å². The highest BCUT2D eigenvalue weighted by Gasteiger charge is 2.16. The highest BCUT2D eigenvalue weighted by atomic mass is 79.9. The molecule has 3 aromatic carbocycles. The van der Waals surface area contributed by atoms with Gasteiger partial charge in [0.2, 0.25) is 0 Å². The number of halogens is 1. The Hall–Kier alpha value is -1.51. The Labute approximate surface area is 137 Å². The fourth-order valence-electron chi connectivity index (χ4n) is 2.75. The Morgan fingerprint density at radius 3 is 2.43 bits per heavy atom. The van der Waals surface area contributed by atoms with Crippen LogP contribution in [0, 0.1) is 0 Å². The van der Waals surface area contributed by atoms with Gasteiger partial charge in [0.05, 0.1) is 0 Å². The van der Waals surface area contributed by atoms with Crippen molar-refractivity contribution in [3.63, 3.8) is 0 Å². The van der Waals surface area contributed by atoms with Gasteiger partial charge in [0.15, 0.2) is 0 Å². The van der Waals surface area contributed by atoms with Crippen LogP contribution in [0.5, 0.6) is 0 Å². The minimum atomic E-state index is 1.02. The number of hydrogen-bond acceptors (Lipinski definition) is 1. The third kappa shape index (κ3) is 2.43. The molecule has 0 spiro atoms. The van der Waals surface area contributed by atoms with E-state index < -0.39 is 0 Å². The number of hydrogen-bond donors (Lipinski definition) is 0. The molecule has 0 nitrogen and oxygen atoms in total. The van der Waals surface area contributed by atoms with Crippen LogP contribution < -0.4 is 0 Å². The summed E-state index contributed by atoms with van der Waals surface area (Å²) in [5, 5.41) is 0. The molecular formula is C19H13BrS. The summed E-state index contributed by atoms with van der Waals surface area (Å²) in [6, 6.07) is 23.9. The van der Waals surface area contributed by atoms with E-state index in [1.165, 1.54) is 32.0 Å². The number of fused-ring (bicyclic) bond motifs is 2. The number of rotatable bonds is 1. The van der Waals surface area contributed by atoms with E-state index in [1.54, 1.807) is 0 Å². The first kappa shape index (κ1) is 13.2. The molecule has 21 heavy (non-hydrogen) atoms. The first-order valence-electron chi connectivity index (χ1n) is 6.95. The van der Waals surface area contributed by atoms with Gasteiger partial charge in [-0.1, -0.05) is 70.2 Å². The second-order valence-electron chi connectivity index (χ2n) is 5.19. The molecule has 102 valence electrons. The second-order valence-corrected chi connectivity index (χ2v) is 7.13. The standard InChI is InChI=1S/C19H13BrS/c20-17-7-3-2-6-16(17)13-9-10-19-15(11-13)12-14-5-1-4-8-18(14)21-19/h1-11H,12H2. The van der Waals surface area contributed by atoms with Crippen LogP contribution in [0.1, 0.15) is 11.1 Å². The average molecular weight is 353 g/mol. The molecule has 3 aromatic rings. The van der Waals surface area contributed by atoms with Gasteiger partial charge < -0.3 is 0 Å². The number of benzene rings is 3. The molecule has 0 atom stereocenters. The third-order valence-corrected chi connectivity index (χ3v) is 5.75. The molecule has 0 aliphatic carbocycles. The molecule has 0 radical (unpaired) electrons. The maximum atomic E-state index is 3.65. The summed E-state index contributed by atoms with van der Waals surface area (Å²) >= 11 is 5.53. The fourth-order valence-corrected chi connectivity index (χ4v) is 4.32. The minimum Gasteiger partial charge on any atom is -0.0895 e. The first-order chi connectivity index (χ1) is 10.3.